The molecule has 0 bridgehead atoms. The molecule has 208 valence electrons. The van der Waals surface area contributed by atoms with E-state index in [9.17, 15) is 0 Å². The predicted molar refractivity (Wildman–Crippen MR) is 178 cm³/mol. The van der Waals surface area contributed by atoms with Crippen LogP contribution in [0.3, 0.4) is 0 Å². The van der Waals surface area contributed by atoms with Gasteiger partial charge in [0.1, 0.15) is 11.5 Å². The molecule has 0 aromatic heterocycles. The molecule has 5 aromatic rings. The lowest BCUT2D eigenvalue weighted by Gasteiger charge is -2.46. The van der Waals surface area contributed by atoms with Gasteiger partial charge in [0.2, 0.25) is 0 Å². The van der Waals surface area contributed by atoms with Crippen molar-refractivity contribution in [3.8, 4) is 11.5 Å². The van der Waals surface area contributed by atoms with Gasteiger partial charge in [0.15, 0.2) is 0 Å². The highest BCUT2D eigenvalue weighted by molar-refractivity contribution is 6.91. The second kappa shape index (κ2) is 11.4. The van der Waals surface area contributed by atoms with Crippen molar-refractivity contribution in [3.63, 3.8) is 0 Å². The molecular formula is C38H37BN2O. The zero-order chi connectivity index (χ0) is 28.5. The van der Waals surface area contributed by atoms with Gasteiger partial charge in [0.25, 0.3) is 0 Å². The van der Waals surface area contributed by atoms with Crippen molar-refractivity contribution in [2.24, 2.45) is 0 Å². The highest BCUT2D eigenvalue weighted by Gasteiger charge is 2.43. The molecule has 3 nitrogen and oxygen atoms in total. The Morgan fingerprint density at radius 1 is 0.548 bits per heavy atom. The first-order chi connectivity index (χ1) is 20.8. The zero-order valence-corrected chi connectivity index (χ0v) is 24.6. The smallest absolute Gasteiger partial charge is 0.335 e. The number of nitrogens with zero attached hydrogens (tertiary/aromatic N) is 2. The molecule has 0 spiro atoms. The van der Waals surface area contributed by atoms with Gasteiger partial charge < -0.3 is 14.4 Å². The molecule has 2 aliphatic heterocycles. The maximum absolute atomic E-state index is 6.52. The summed E-state index contributed by atoms with van der Waals surface area (Å²) in [6.45, 7) is 4.55. The summed E-state index contributed by atoms with van der Waals surface area (Å²) in [5.41, 5.74) is 11.5. The molecule has 0 N–H and O–H groups in total. The van der Waals surface area contributed by atoms with Gasteiger partial charge in [0, 0.05) is 5.69 Å². The van der Waals surface area contributed by atoms with Gasteiger partial charge in [0.05, 0.1) is 22.7 Å². The van der Waals surface area contributed by atoms with Gasteiger partial charge in [-0.15, -0.1) is 0 Å². The molecule has 0 saturated carbocycles. The van der Waals surface area contributed by atoms with Crippen LogP contribution in [0.1, 0.15) is 50.7 Å². The topological polar surface area (TPSA) is 15.7 Å². The van der Waals surface area contributed by atoms with E-state index in [0.29, 0.717) is 0 Å². The number of rotatable bonds is 8. The minimum atomic E-state index is -0.0212. The van der Waals surface area contributed by atoms with E-state index in [2.05, 4.69) is 139 Å². The monoisotopic (exact) mass is 548 g/mol. The average Bonchev–Trinajstić information content (AvgIpc) is 3.04. The van der Waals surface area contributed by atoms with E-state index < -0.39 is 0 Å². The molecule has 42 heavy (non-hydrogen) atoms. The van der Waals surface area contributed by atoms with E-state index in [1.165, 1.54) is 50.5 Å². The van der Waals surface area contributed by atoms with Crippen molar-refractivity contribution in [2.45, 2.75) is 52.4 Å². The van der Waals surface area contributed by atoms with E-state index in [0.717, 1.165) is 50.0 Å². The van der Waals surface area contributed by atoms with Gasteiger partial charge >= 0.3 is 6.85 Å². The zero-order valence-electron chi connectivity index (χ0n) is 24.6. The number of hydrogen-bond donors (Lipinski definition) is 0. The first-order valence-electron chi connectivity index (χ1n) is 15.5. The molecule has 5 aromatic carbocycles. The number of benzene rings is 5. The molecule has 0 amide bonds. The summed E-state index contributed by atoms with van der Waals surface area (Å²) in [6, 6.07) is 41.9. The summed E-state index contributed by atoms with van der Waals surface area (Å²) < 4.78 is 6.52. The van der Waals surface area contributed by atoms with E-state index in [4.69, 9.17) is 4.74 Å². The second-order valence-corrected chi connectivity index (χ2v) is 11.4. The van der Waals surface area contributed by atoms with Gasteiger partial charge in [-0.1, -0.05) is 106 Å². The molecule has 2 heterocycles. The van der Waals surface area contributed by atoms with E-state index in [1.807, 2.05) is 0 Å². The van der Waals surface area contributed by atoms with Crippen LogP contribution in [0.2, 0.25) is 0 Å². The van der Waals surface area contributed by atoms with Crippen LogP contribution in [-0.2, 0) is 12.8 Å². The maximum Gasteiger partial charge on any atom is 0.335 e. The number of hydrogen-bond acceptors (Lipinski definition) is 3. The van der Waals surface area contributed by atoms with Gasteiger partial charge in [-0.2, -0.15) is 0 Å². The lowest BCUT2D eigenvalue weighted by molar-refractivity contribution is 0.487. The minimum absolute atomic E-state index is 0.0212. The van der Waals surface area contributed by atoms with Crippen LogP contribution >= 0.6 is 0 Å². The highest BCUT2D eigenvalue weighted by Crippen LogP contribution is 2.55. The SMILES string of the molecule is CCCCc1cccc2c1N(B1c3ccccc3Oc3ccccc31)c1c(CCCC)cccc1N2c1ccccc1. The molecule has 0 fully saturated rings. The Balaban J connectivity index is 1.57. The van der Waals surface area contributed by atoms with Gasteiger partial charge in [-0.3, -0.25) is 0 Å². The van der Waals surface area contributed by atoms with E-state index in [-0.39, 0.29) is 6.85 Å². The van der Waals surface area contributed by atoms with Gasteiger partial charge in [-0.05, 0) is 84.1 Å². The van der Waals surface area contributed by atoms with E-state index >= 15 is 0 Å². The lowest BCUT2D eigenvalue weighted by atomic mass is 9.47. The molecule has 0 saturated heterocycles. The van der Waals surface area contributed by atoms with E-state index in [1.54, 1.807) is 0 Å². The Morgan fingerprint density at radius 3 is 1.57 bits per heavy atom. The first-order valence-corrected chi connectivity index (χ1v) is 15.5. The van der Waals surface area contributed by atoms with Crippen molar-refractivity contribution in [3.05, 3.63) is 126 Å². The van der Waals surface area contributed by atoms with Crippen LogP contribution in [0, 0.1) is 0 Å². The predicted octanol–water partition coefficient (Wildman–Crippen LogP) is 9.20. The van der Waals surface area contributed by atoms with Crippen LogP contribution < -0.4 is 25.4 Å². The molecular weight excluding hydrogens is 511 g/mol. The molecule has 7 rings (SSSR count). The third kappa shape index (κ3) is 4.46. The fourth-order valence-corrected chi connectivity index (χ4v) is 6.73. The van der Waals surface area contributed by atoms with Crippen LogP contribution in [0.25, 0.3) is 0 Å². The Kier molecular flexibility index (Phi) is 7.21. The van der Waals surface area contributed by atoms with Crippen molar-refractivity contribution >= 4 is 46.2 Å². The summed E-state index contributed by atoms with van der Waals surface area (Å²) in [7, 11) is 0. The van der Waals surface area contributed by atoms with Crippen molar-refractivity contribution in [1.82, 2.24) is 0 Å². The number of fused-ring (bicyclic) bond motifs is 4. The van der Waals surface area contributed by atoms with Crippen LogP contribution in [0.15, 0.2) is 115 Å². The molecule has 4 heteroatoms. The molecule has 0 radical (unpaired) electrons. The fourth-order valence-electron chi connectivity index (χ4n) is 6.73. The fraction of sp³-hybridized carbons (Fsp3) is 0.211. The minimum Gasteiger partial charge on any atom is -0.458 e. The standard InChI is InChI=1S/C38H37BN2O/c1-3-5-16-28-18-14-24-33-37(28)41(39-31-22-10-12-26-35(31)42-36-27-13-11-23-32(36)39)38-29(17-6-4-2)19-15-25-34(38)40(33)30-20-8-7-9-21-30/h7-15,18-27H,3-6,16-17H2,1-2H3. The van der Waals surface area contributed by atoms with Gasteiger partial charge in [-0.25, -0.2) is 0 Å². The average molecular weight is 549 g/mol. The third-order valence-corrected chi connectivity index (χ3v) is 8.68. The van der Waals surface area contributed by atoms with Crippen molar-refractivity contribution < 1.29 is 4.74 Å². The molecule has 0 unspecified atom stereocenters. The number of para-hydroxylation sites is 5. The highest BCUT2D eigenvalue weighted by atomic mass is 16.5. The van der Waals surface area contributed by atoms with Crippen molar-refractivity contribution in [1.29, 1.82) is 0 Å². The maximum atomic E-state index is 6.52. The first kappa shape index (κ1) is 26.5. The summed E-state index contributed by atoms with van der Waals surface area (Å²) in [5, 5.41) is 0. The third-order valence-electron chi connectivity index (χ3n) is 8.68. The lowest BCUT2D eigenvalue weighted by Crippen LogP contribution is -2.58. The number of anilines is 5. The Morgan fingerprint density at radius 2 is 1.05 bits per heavy atom. The molecule has 0 atom stereocenters. The number of aryl methyl sites for hydroxylation is 2. The Hall–Kier alpha value is -4.44. The van der Waals surface area contributed by atoms with Crippen molar-refractivity contribution in [2.75, 3.05) is 9.71 Å². The number of ether oxygens (including phenoxy) is 1. The van der Waals surface area contributed by atoms with Crippen LogP contribution in [-0.4, -0.2) is 6.85 Å². The molecule has 0 aliphatic carbocycles. The Bertz CT molecular complexity index is 1610. The summed E-state index contributed by atoms with van der Waals surface area (Å²) in [4.78, 5) is 5.17. The molecule has 2 aliphatic rings. The largest absolute Gasteiger partial charge is 0.458 e. The Labute approximate surface area is 250 Å². The summed E-state index contributed by atoms with van der Waals surface area (Å²) >= 11 is 0. The quantitative estimate of drug-likeness (QED) is 0.180. The summed E-state index contributed by atoms with van der Waals surface area (Å²) in [6.07, 6.45) is 6.71. The van der Waals surface area contributed by atoms with Crippen LogP contribution in [0.4, 0.5) is 28.4 Å². The number of unbranched alkanes of at least 4 members (excludes halogenated alkanes) is 2. The second-order valence-electron chi connectivity index (χ2n) is 11.4. The summed E-state index contributed by atoms with van der Waals surface area (Å²) in [5.74, 6) is 1.87. The van der Waals surface area contributed by atoms with Crippen LogP contribution in [0.5, 0.6) is 11.5 Å². The normalized spacial score (nSPS) is 13.1.